The average molecular weight is 782 g/mol. The van der Waals surface area contributed by atoms with Gasteiger partial charge in [0.1, 0.15) is 11.6 Å². The molecule has 0 radical (unpaired) electrons. The fraction of sp³-hybridized carbons (Fsp3) is 0.345. The molecule has 0 atom stereocenters. The van der Waals surface area contributed by atoms with Gasteiger partial charge in [-0.2, -0.15) is 0 Å². The lowest BCUT2D eigenvalue weighted by molar-refractivity contribution is 0.477. The number of phenolic OH excluding ortho intramolecular Hbond substituents is 1. The highest BCUT2D eigenvalue weighted by Gasteiger charge is 2.31. The zero-order chi connectivity index (χ0) is 43.0. The van der Waals surface area contributed by atoms with E-state index in [0.717, 1.165) is 55.8 Å². The highest BCUT2D eigenvalue weighted by molar-refractivity contribution is 5.98. The molecule has 0 aliphatic heterocycles. The Kier molecular flexibility index (Phi) is 10.4. The highest BCUT2D eigenvalue weighted by atomic mass is 16.3. The van der Waals surface area contributed by atoms with Crippen LogP contribution >= 0.6 is 0 Å². The number of aryl methyl sites for hydroxylation is 3. The lowest BCUT2D eigenvalue weighted by Crippen LogP contribution is -2.23. The van der Waals surface area contributed by atoms with Gasteiger partial charge in [0.05, 0.1) is 28.0 Å². The third-order valence-corrected chi connectivity index (χ3v) is 11.7. The number of para-hydroxylation sites is 2. The van der Waals surface area contributed by atoms with Crippen LogP contribution in [0.25, 0.3) is 61.6 Å². The normalized spacial score (nSPS) is 12.7. The predicted octanol–water partition coefficient (Wildman–Crippen LogP) is 14.9. The molecule has 0 aliphatic carbocycles. The largest absolute Gasteiger partial charge is 0.507 e. The number of pyridine rings is 1. The van der Waals surface area contributed by atoms with E-state index in [1.54, 1.807) is 6.07 Å². The first-order chi connectivity index (χ1) is 27.4. The molecule has 5 aromatic carbocycles. The van der Waals surface area contributed by atoms with Crippen molar-refractivity contribution in [3.05, 3.63) is 142 Å². The van der Waals surface area contributed by atoms with Crippen molar-refractivity contribution in [1.82, 2.24) is 14.5 Å². The number of aromatic hydroxyl groups is 1. The summed E-state index contributed by atoms with van der Waals surface area (Å²) in [4.78, 5) is 10.6. The lowest BCUT2D eigenvalue weighted by Gasteiger charge is -2.33. The van der Waals surface area contributed by atoms with Crippen molar-refractivity contribution >= 4 is 11.0 Å². The first kappa shape index (κ1) is 41.7. The van der Waals surface area contributed by atoms with E-state index in [4.69, 9.17) is 9.97 Å². The molecule has 0 bridgehead atoms. The molecule has 7 aromatic rings. The van der Waals surface area contributed by atoms with Crippen molar-refractivity contribution in [2.24, 2.45) is 0 Å². The second-order valence-electron chi connectivity index (χ2n) is 20.9. The van der Waals surface area contributed by atoms with Crippen LogP contribution in [0.4, 0.5) is 0 Å². The van der Waals surface area contributed by atoms with E-state index >= 15 is 0 Å². The molecule has 0 saturated carbocycles. The van der Waals surface area contributed by atoms with Gasteiger partial charge in [0, 0.05) is 17.3 Å². The van der Waals surface area contributed by atoms with Gasteiger partial charge in [0.25, 0.3) is 0 Å². The summed E-state index contributed by atoms with van der Waals surface area (Å²) in [6, 6.07) is 34.8. The second kappa shape index (κ2) is 14.7. The molecule has 2 heterocycles. The van der Waals surface area contributed by atoms with Gasteiger partial charge in [0.2, 0.25) is 0 Å². The van der Waals surface area contributed by atoms with Crippen LogP contribution in [0.2, 0.25) is 0 Å². The van der Waals surface area contributed by atoms with Crippen LogP contribution in [0.15, 0.2) is 103 Å². The Hall–Kier alpha value is -5.48. The molecule has 59 heavy (non-hydrogen) atoms. The maximum atomic E-state index is 11.3. The van der Waals surface area contributed by atoms with Crippen LogP contribution in [0.3, 0.4) is 0 Å². The molecule has 2 aromatic heterocycles. The van der Waals surface area contributed by atoms with E-state index in [0.29, 0.717) is 11.4 Å². The number of imidazole rings is 1. The van der Waals surface area contributed by atoms with Gasteiger partial charge in [-0.15, -0.1) is 0 Å². The van der Waals surface area contributed by atoms with Gasteiger partial charge >= 0.3 is 0 Å². The zero-order valence-electron chi connectivity index (χ0n) is 38.1. The summed E-state index contributed by atoms with van der Waals surface area (Å²) in [5, 5.41) is 11.3. The molecular weight excluding hydrogens is 719 g/mol. The lowest BCUT2D eigenvalue weighted by atomic mass is 9.71. The summed E-state index contributed by atoms with van der Waals surface area (Å²) >= 11 is 0. The molecule has 4 heteroatoms. The number of phenols is 1. The van der Waals surface area contributed by atoms with E-state index in [1.807, 2.05) is 24.4 Å². The Morgan fingerprint density at radius 3 is 1.71 bits per heavy atom. The summed E-state index contributed by atoms with van der Waals surface area (Å²) in [7, 11) is 0. The molecule has 304 valence electrons. The summed E-state index contributed by atoms with van der Waals surface area (Å²) in [5.41, 5.74) is 18.7. The third-order valence-electron chi connectivity index (χ3n) is 11.7. The van der Waals surface area contributed by atoms with Crippen molar-refractivity contribution in [2.75, 3.05) is 0 Å². The molecular formula is C55H63N3O. The van der Waals surface area contributed by atoms with Gasteiger partial charge in [-0.3, -0.25) is 9.55 Å². The molecule has 7 rings (SSSR count). The summed E-state index contributed by atoms with van der Waals surface area (Å²) in [6.07, 6.45) is 1.96. The first-order valence-electron chi connectivity index (χ1n) is 21.1. The average Bonchev–Trinajstić information content (AvgIpc) is 3.51. The maximum absolute atomic E-state index is 11.3. The van der Waals surface area contributed by atoms with Gasteiger partial charge in [-0.05, 0) is 135 Å². The Balaban J connectivity index is 1.55. The van der Waals surface area contributed by atoms with Crippen LogP contribution in [0.1, 0.15) is 122 Å². The number of hydrogen-bond acceptors (Lipinski definition) is 3. The summed E-state index contributed by atoms with van der Waals surface area (Å²) < 4.78 is 2.26. The topological polar surface area (TPSA) is 50.9 Å². The number of aromatic nitrogens is 3. The van der Waals surface area contributed by atoms with Crippen LogP contribution in [0.5, 0.6) is 5.75 Å². The third kappa shape index (κ3) is 7.99. The molecule has 0 spiro atoms. The Labute approximate surface area is 353 Å². The molecule has 0 unspecified atom stereocenters. The second-order valence-corrected chi connectivity index (χ2v) is 20.9. The number of hydrogen-bond donors (Lipinski definition) is 1. The fourth-order valence-corrected chi connectivity index (χ4v) is 8.74. The van der Waals surface area contributed by atoms with Gasteiger partial charge in [-0.25, -0.2) is 4.98 Å². The molecule has 1 N–H and O–H groups in total. The number of fused-ring (bicyclic) bond motifs is 1. The Bertz CT molecular complexity index is 2680. The fourth-order valence-electron chi connectivity index (χ4n) is 8.74. The Morgan fingerprint density at radius 2 is 1.14 bits per heavy atom. The minimum Gasteiger partial charge on any atom is -0.507 e. The van der Waals surface area contributed by atoms with E-state index < -0.39 is 0 Å². The molecule has 4 nitrogen and oxygen atoms in total. The molecule has 0 saturated heterocycles. The van der Waals surface area contributed by atoms with Crippen molar-refractivity contribution in [3.8, 4) is 56.3 Å². The van der Waals surface area contributed by atoms with E-state index in [-0.39, 0.29) is 27.4 Å². The minimum atomic E-state index is -0.197. The van der Waals surface area contributed by atoms with E-state index in [1.165, 1.54) is 33.4 Å². The molecule has 0 fully saturated rings. The number of benzene rings is 5. The van der Waals surface area contributed by atoms with E-state index in [9.17, 15) is 5.11 Å². The van der Waals surface area contributed by atoms with Gasteiger partial charge in [-0.1, -0.05) is 143 Å². The quantitative estimate of drug-likeness (QED) is 0.189. The van der Waals surface area contributed by atoms with Crippen LogP contribution in [0, 0.1) is 20.8 Å². The van der Waals surface area contributed by atoms with E-state index in [2.05, 4.69) is 181 Å². The highest BCUT2D eigenvalue weighted by Crippen LogP contribution is 2.46. The smallest absolute Gasteiger partial charge is 0.149 e. The molecule has 0 aliphatic rings. The standard InChI is InChI=1S/C55H63N3O/c1-33-25-34(2)50(35(3)26-33)58-46-21-18-20-41(49(46)57-51(58)42-19-16-17-22-47(42)59)43-29-38(30-44(54(10,11)12)48(43)55(13,14)15)45-31-36(23-24-56-45)37-27-39(52(4,5)6)32-40(28-37)53(7,8)9/h16-32,59H,1-15H3. The summed E-state index contributed by atoms with van der Waals surface area (Å²) in [6.45, 7) is 34.1. The Morgan fingerprint density at radius 1 is 0.525 bits per heavy atom. The zero-order valence-corrected chi connectivity index (χ0v) is 38.1. The molecule has 0 amide bonds. The SMILES string of the molecule is Cc1cc(C)c(-n2c(-c3ccccc3O)nc3c(-c4cc(-c5cc(-c6cc(C(C)(C)C)cc(C(C)(C)C)c6)ccn5)cc(C(C)(C)C)c4C(C)(C)C)cccc32)c(C)c1. The van der Waals surface area contributed by atoms with Crippen molar-refractivity contribution in [1.29, 1.82) is 0 Å². The van der Waals surface area contributed by atoms with Crippen LogP contribution in [-0.4, -0.2) is 19.6 Å². The van der Waals surface area contributed by atoms with Gasteiger partial charge < -0.3 is 5.11 Å². The number of nitrogens with zero attached hydrogens (tertiary/aromatic N) is 3. The minimum absolute atomic E-state index is 0.00907. The van der Waals surface area contributed by atoms with Crippen molar-refractivity contribution < 1.29 is 5.11 Å². The van der Waals surface area contributed by atoms with Crippen molar-refractivity contribution in [2.45, 2.75) is 126 Å². The van der Waals surface area contributed by atoms with Crippen molar-refractivity contribution in [3.63, 3.8) is 0 Å². The summed E-state index contributed by atoms with van der Waals surface area (Å²) in [5.74, 6) is 0.917. The maximum Gasteiger partial charge on any atom is 0.149 e. The number of rotatable bonds is 5. The monoisotopic (exact) mass is 781 g/mol. The van der Waals surface area contributed by atoms with Crippen LogP contribution in [-0.2, 0) is 21.7 Å². The predicted molar refractivity (Wildman–Crippen MR) is 251 cm³/mol. The first-order valence-corrected chi connectivity index (χ1v) is 21.1. The van der Waals surface area contributed by atoms with Gasteiger partial charge in [0.15, 0.2) is 0 Å². The van der Waals surface area contributed by atoms with Crippen LogP contribution < -0.4 is 0 Å².